The Morgan fingerprint density at radius 1 is 1.36 bits per heavy atom. The van der Waals surface area contributed by atoms with Gasteiger partial charge in [-0.2, -0.15) is 5.10 Å². The summed E-state index contributed by atoms with van der Waals surface area (Å²) >= 11 is 0. The Morgan fingerprint density at radius 3 is 2.79 bits per heavy atom. The minimum absolute atomic E-state index is 0.630. The van der Waals surface area contributed by atoms with E-state index in [0.717, 1.165) is 11.5 Å². The third kappa shape index (κ3) is 2.07. The topological polar surface area (TPSA) is 55.6 Å². The maximum absolute atomic E-state index is 4.15. The standard InChI is InChI=1S/C9H11N5/c1-14-7-12-9(13-14)6-11-8-2-4-10-5-3-8/h2-5,7H,6H2,1H3,(H,10,11). The Hall–Kier alpha value is -1.91. The van der Waals surface area contributed by atoms with Crippen LogP contribution in [0.5, 0.6) is 0 Å². The molecule has 0 radical (unpaired) electrons. The van der Waals surface area contributed by atoms with Gasteiger partial charge in [-0.05, 0) is 12.1 Å². The van der Waals surface area contributed by atoms with Gasteiger partial charge in [0.1, 0.15) is 6.33 Å². The molecule has 0 atom stereocenters. The van der Waals surface area contributed by atoms with Crippen molar-refractivity contribution in [3.05, 3.63) is 36.7 Å². The van der Waals surface area contributed by atoms with E-state index in [-0.39, 0.29) is 0 Å². The number of pyridine rings is 1. The predicted octanol–water partition coefficient (Wildman–Crippen LogP) is 0.822. The van der Waals surface area contributed by atoms with Gasteiger partial charge in [0, 0.05) is 25.1 Å². The van der Waals surface area contributed by atoms with Crippen molar-refractivity contribution in [1.82, 2.24) is 19.7 Å². The lowest BCUT2D eigenvalue weighted by molar-refractivity contribution is 0.747. The van der Waals surface area contributed by atoms with Gasteiger partial charge in [0.15, 0.2) is 5.82 Å². The lowest BCUT2D eigenvalue weighted by Crippen LogP contribution is -2.02. The molecule has 1 N–H and O–H groups in total. The van der Waals surface area contributed by atoms with Gasteiger partial charge in [-0.1, -0.05) is 0 Å². The Kier molecular flexibility index (Phi) is 2.40. The second-order valence-corrected chi connectivity index (χ2v) is 2.92. The smallest absolute Gasteiger partial charge is 0.169 e. The normalized spacial score (nSPS) is 10.1. The van der Waals surface area contributed by atoms with Crippen LogP contribution in [-0.4, -0.2) is 19.7 Å². The van der Waals surface area contributed by atoms with Crippen molar-refractivity contribution in [3.8, 4) is 0 Å². The van der Waals surface area contributed by atoms with Crippen LogP contribution < -0.4 is 5.32 Å². The van der Waals surface area contributed by atoms with E-state index < -0.39 is 0 Å². The van der Waals surface area contributed by atoms with Crippen LogP contribution in [0.1, 0.15) is 5.82 Å². The van der Waals surface area contributed by atoms with Gasteiger partial charge < -0.3 is 5.32 Å². The average Bonchev–Trinajstić information content (AvgIpc) is 2.63. The maximum Gasteiger partial charge on any atom is 0.169 e. The minimum atomic E-state index is 0.630. The number of hydrogen-bond donors (Lipinski definition) is 1. The lowest BCUT2D eigenvalue weighted by Gasteiger charge is -2.01. The summed E-state index contributed by atoms with van der Waals surface area (Å²) in [5, 5.41) is 7.35. The molecule has 2 heterocycles. The molecule has 0 aliphatic carbocycles. The van der Waals surface area contributed by atoms with Crippen molar-refractivity contribution >= 4 is 5.69 Å². The molecule has 5 heteroatoms. The minimum Gasteiger partial charge on any atom is -0.378 e. The summed E-state index contributed by atoms with van der Waals surface area (Å²) in [6, 6.07) is 3.81. The Morgan fingerprint density at radius 2 is 2.14 bits per heavy atom. The summed E-state index contributed by atoms with van der Waals surface area (Å²) in [5.41, 5.74) is 1.02. The first-order valence-electron chi connectivity index (χ1n) is 4.33. The number of aromatic nitrogens is 4. The highest BCUT2D eigenvalue weighted by Crippen LogP contribution is 2.04. The van der Waals surface area contributed by atoms with Crippen LogP contribution in [0, 0.1) is 0 Å². The van der Waals surface area contributed by atoms with Crippen molar-refractivity contribution in [2.75, 3.05) is 5.32 Å². The van der Waals surface area contributed by atoms with E-state index >= 15 is 0 Å². The molecule has 2 aromatic heterocycles. The summed E-state index contributed by atoms with van der Waals surface area (Å²) in [6.07, 6.45) is 5.17. The maximum atomic E-state index is 4.15. The Balaban J connectivity index is 1.95. The second kappa shape index (κ2) is 3.87. The van der Waals surface area contributed by atoms with Crippen LogP contribution in [-0.2, 0) is 13.6 Å². The zero-order valence-electron chi connectivity index (χ0n) is 7.88. The molecular weight excluding hydrogens is 178 g/mol. The third-order valence-corrected chi connectivity index (χ3v) is 1.78. The molecule has 0 saturated heterocycles. The molecule has 0 aliphatic heterocycles. The van der Waals surface area contributed by atoms with Crippen LogP contribution in [0.3, 0.4) is 0 Å². The Bertz CT molecular complexity index is 395. The number of aryl methyl sites for hydroxylation is 1. The van der Waals surface area contributed by atoms with Crippen LogP contribution in [0.2, 0.25) is 0 Å². The first-order valence-corrected chi connectivity index (χ1v) is 4.33. The average molecular weight is 189 g/mol. The molecule has 2 rings (SSSR count). The van der Waals surface area contributed by atoms with Crippen molar-refractivity contribution < 1.29 is 0 Å². The number of rotatable bonds is 3. The van der Waals surface area contributed by atoms with Gasteiger partial charge in [-0.25, -0.2) is 4.98 Å². The number of nitrogens with one attached hydrogen (secondary N) is 1. The molecule has 0 spiro atoms. The SMILES string of the molecule is Cn1cnc(CNc2ccncc2)n1. The number of nitrogens with zero attached hydrogens (tertiary/aromatic N) is 4. The van der Waals surface area contributed by atoms with Gasteiger partial charge in [-0.3, -0.25) is 9.67 Å². The summed E-state index contributed by atoms with van der Waals surface area (Å²) in [7, 11) is 1.85. The molecule has 0 aromatic carbocycles. The van der Waals surface area contributed by atoms with E-state index in [1.807, 2.05) is 19.2 Å². The number of hydrogen-bond acceptors (Lipinski definition) is 4. The summed E-state index contributed by atoms with van der Waals surface area (Å²) in [6.45, 7) is 0.630. The fraction of sp³-hybridized carbons (Fsp3) is 0.222. The molecule has 0 unspecified atom stereocenters. The van der Waals surface area contributed by atoms with Crippen molar-refractivity contribution in [3.63, 3.8) is 0 Å². The van der Waals surface area contributed by atoms with Crippen molar-refractivity contribution in [2.45, 2.75) is 6.54 Å². The van der Waals surface area contributed by atoms with Crippen LogP contribution >= 0.6 is 0 Å². The monoisotopic (exact) mass is 189 g/mol. The summed E-state index contributed by atoms with van der Waals surface area (Å²) < 4.78 is 1.68. The Labute approximate surface area is 81.8 Å². The van der Waals surface area contributed by atoms with Gasteiger partial charge in [0.2, 0.25) is 0 Å². The fourth-order valence-corrected chi connectivity index (χ4v) is 1.12. The molecule has 2 aromatic rings. The van der Waals surface area contributed by atoms with Crippen molar-refractivity contribution in [1.29, 1.82) is 0 Å². The van der Waals surface area contributed by atoms with E-state index in [2.05, 4.69) is 20.4 Å². The predicted molar refractivity (Wildman–Crippen MR) is 52.6 cm³/mol. The third-order valence-electron chi connectivity index (χ3n) is 1.78. The molecule has 72 valence electrons. The van der Waals surface area contributed by atoms with E-state index in [9.17, 15) is 0 Å². The lowest BCUT2D eigenvalue weighted by atomic mass is 10.4. The molecule has 0 fully saturated rings. The van der Waals surface area contributed by atoms with E-state index in [1.54, 1.807) is 23.4 Å². The van der Waals surface area contributed by atoms with Crippen LogP contribution in [0.25, 0.3) is 0 Å². The zero-order valence-corrected chi connectivity index (χ0v) is 7.88. The van der Waals surface area contributed by atoms with Crippen LogP contribution in [0.15, 0.2) is 30.9 Å². The highest BCUT2D eigenvalue weighted by Gasteiger charge is 1.97. The molecular formula is C9H11N5. The van der Waals surface area contributed by atoms with E-state index in [0.29, 0.717) is 6.54 Å². The van der Waals surface area contributed by atoms with Gasteiger partial charge in [-0.15, -0.1) is 0 Å². The van der Waals surface area contributed by atoms with Crippen LogP contribution in [0.4, 0.5) is 5.69 Å². The van der Waals surface area contributed by atoms with E-state index in [1.165, 1.54) is 0 Å². The quantitative estimate of drug-likeness (QED) is 0.776. The van der Waals surface area contributed by atoms with Crippen molar-refractivity contribution in [2.24, 2.45) is 7.05 Å². The largest absolute Gasteiger partial charge is 0.378 e. The van der Waals surface area contributed by atoms with E-state index in [4.69, 9.17) is 0 Å². The van der Waals surface area contributed by atoms with Gasteiger partial charge in [0.05, 0.1) is 6.54 Å². The highest BCUT2D eigenvalue weighted by molar-refractivity contribution is 5.40. The molecule has 0 saturated carbocycles. The zero-order chi connectivity index (χ0) is 9.80. The highest BCUT2D eigenvalue weighted by atomic mass is 15.3. The molecule has 0 bridgehead atoms. The van der Waals surface area contributed by atoms with Gasteiger partial charge >= 0.3 is 0 Å². The fourth-order valence-electron chi connectivity index (χ4n) is 1.12. The summed E-state index contributed by atoms with van der Waals surface area (Å²) in [5.74, 6) is 0.782. The first kappa shape index (κ1) is 8.68. The summed E-state index contributed by atoms with van der Waals surface area (Å²) in [4.78, 5) is 8.03. The molecule has 14 heavy (non-hydrogen) atoms. The van der Waals surface area contributed by atoms with Gasteiger partial charge in [0.25, 0.3) is 0 Å². The number of anilines is 1. The second-order valence-electron chi connectivity index (χ2n) is 2.92. The molecule has 0 aliphatic rings. The molecule has 5 nitrogen and oxygen atoms in total. The first-order chi connectivity index (χ1) is 6.84. The molecule has 0 amide bonds.